The molecule has 3 aromatic rings. The summed E-state index contributed by atoms with van der Waals surface area (Å²) < 4.78 is 5.75. The van der Waals surface area contributed by atoms with Gasteiger partial charge in [0.05, 0.1) is 11.8 Å². The highest BCUT2D eigenvalue weighted by Gasteiger charge is 2.18. The van der Waals surface area contributed by atoms with Crippen LogP contribution in [0.25, 0.3) is 0 Å². The fraction of sp³-hybridized carbons (Fsp3) is 0.261. The van der Waals surface area contributed by atoms with Crippen molar-refractivity contribution in [1.82, 2.24) is 10.2 Å². The van der Waals surface area contributed by atoms with Crippen molar-refractivity contribution in [1.29, 1.82) is 0 Å². The molecule has 1 N–H and O–H groups in total. The number of hydrogen-bond donors (Lipinski definition) is 1. The first kappa shape index (κ1) is 18.9. The monoisotopic (exact) mass is 388 g/mol. The molecular weight excluding hydrogens is 364 g/mol. The minimum atomic E-state index is -0.312. The van der Waals surface area contributed by atoms with E-state index < -0.39 is 0 Å². The number of ether oxygens (including phenoxy) is 1. The third-order valence-electron chi connectivity index (χ3n) is 4.84. The van der Waals surface area contributed by atoms with Gasteiger partial charge in [-0.15, -0.1) is 10.2 Å². The molecule has 0 unspecified atom stereocenters. The van der Waals surface area contributed by atoms with Crippen LogP contribution in [0.15, 0.2) is 60.7 Å². The number of rotatable bonds is 5. The van der Waals surface area contributed by atoms with E-state index >= 15 is 0 Å². The van der Waals surface area contributed by atoms with Crippen LogP contribution in [0.5, 0.6) is 5.75 Å². The van der Waals surface area contributed by atoms with Crippen molar-refractivity contribution in [3.63, 3.8) is 0 Å². The second kappa shape index (κ2) is 8.31. The van der Waals surface area contributed by atoms with E-state index in [1.54, 1.807) is 6.07 Å². The molecule has 1 aliphatic rings. The lowest BCUT2D eigenvalue weighted by Gasteiger charge is -2.29. The first-order valence-corrected chi connectivity index (χ1v) is 9.82. The molecule has 0 saturated carbocycles. The van der Waals surface area contributed by atoms with Crippen LogP contribution >= 0.6 is 0 Å². The Bertz CT molecular complexity index is 1000. The largest absolute Gasteiger partial charge is 0.489 e. The van der Waals surface area contributed by atoms with Crippen molar-refractivity contribution in [3.8, 4) is 5.75 Å². The minimum Gasteiger partial charge on any atom is -0.489 e. The van der Waals surface area contributed by atoms with Crippen LogP contribution < -0.4 is 15.0 Å². The number of amides is 1. The van der Waals surface area contributed by atoms with Gasteiger partial charge < -0.3 is 15.0 Å². The van der Waals surface area contributed by atoms with Gasteiger partial charge in [0.15, 0.2) is 11.5 Å². The van der Waals surface area contributed by atoms with Crippen molar-refractivity contribution in [2.24, 2.45) is 0 Å². The van der Waals surface area contributed by atoms with Crippen molar-refractivity contribution >= 4 is 17.4 Å². The van der Waals surface area contributed by atoms with Gasteiger partial charge in [0, 0.05) is 13.1 Å². The summed E-state index contributed by atoms with van der Waals surface area (Å²) in [5, 5.41) is 11.3. The van der Waals surface area contributed by atoms with Crippen molar-refractivity contribution < 1.29 is 9.53 Å². The van der Waals surface area contributed by atoms with Crippen molar-refractivity contribution in [2.75, 3.05) is 16.8 Å². The Balaban J connectivity index is 1.45. The van der Waals surface area contributed by atoms with Crippen LogP contribution in [0.3, 0.4) is 0 Å². The van der Waals surface area contributed by atoms with E-state index in [1.165, 1.54) is 11.1 Å². The zero-order valence-electron chi connectivity index (χ0n) is 16.6. The van der Waals surface area contributed by atoms with Crippen LogP contribution in [0.4, 0.5) is 11.5 Å². The van der Waals surface area contributed by atoms with E-state index in [-0.39, 0.29) is 17.7 Å². The molecule has 6 heteroatoms. The molecule has 1 aliphatic heterocycles. The van der Waals surface area contributed by atoms with Gasteiger partial charge in [-0.3, -0.25) is 4.79 Å². The molecular formula is C23H24N4O2. The van der Waals surface area contributed by atoms with Crippen LogP contribution in [0.1, 0.15) is 35.5 Å². The third kappa shape index (κ3) is 4.37. The quantitative estimate of drug-likeness (QED) is 0.713. The lowest BCUT2D eigenvalue weighted by molar-refractivity contribution is 0.102. The number of nitrogens with one attached hydrogen (secondary N) is 1. The Morgan fingerprint density at radius 2 is 1.76 bits per heavy atom. The summed E-state index contributed by atoms with van der Waals surface area (Å²) in [4.78, 5) is 14.8. The molecule has 0 radical (unpaired) electrons. The van der Waals surface area contributed by atoms with Crippen LogP contribution in [-0.4, -0.2) is 28.8 Å². The van der Waals surface area contributed by atoms with E-state index in [9.17, 15) is 4.79 Å². The van der Waals surface area contributed by atoms with E-state index in [0.717, 1.165) is 25.3 Å². The minimum absolute atomic E-state index is 0.0156. The van der Waals surface area contributed by atoms with E-state index in [2.05, 4.69) is 44.7 Å². The molecule has 1 aromatic heterocycles. The van der Waals surface area contributed by atoms with Crippen molar-refractivity contribution in [3.05, 3.63) is 77.5 Å². The van der Waals surface area contributed by atoms with Crippen LogP contribution in [0, 0.1) is 0 Å². The predicted molar refractivity (Wildman–Crippen MR) is 113 cm³/mol. The van der Waals surface area contributed by atoms with Gasteiger partial charge in [-0.25, -0.2) is 0 Å². The summed E-state index contributed by atoms with van der Waals surface area (Å²) in [5.74, 6) is 1.10. The number of hydrogen-bond acceptors (Lipinski definition) is 5. The Hall–Kier alpha value is -3.41. The van der Waals surface area contributed by atoms with Crippen molar-refractivity contribution in [2.45, 2.75) is 32.9 Å². The molecule has 0 fully saturated rings. The molecule has 2 aromatic carbocycles. The summed E-state index contributed by atoms with van der Waals surface area (Å²) in [6, 6.07) is 19.4. The van der Waals surface area contributed by atoms with Gasteiger partial charge in [0.25, 0.3) is 5.91 Å². The van der Waals surface area contributed by atoms with E-state index in [1.807, 2.05) is 44.2 Å². The molecule has 0 bridgehead atoms. The summed E-state index contributed by atoms with van der Waals surface area (Å²) in [7, 11) is 0. The summed E-state index contributed by atoms with van der Waals surface area (Å²) in [6.45, 7) is 5.58. The van der Waals surface area contributed by atoms with Gasteiger partial charge in [-0.05, 0) is 55.7 Å². The molecule has 1 amide bonds. The number of anilines is 2. The van der Waals surface area contributed by atoms with Crippen LogP contribution in [-0.2, 0) is 13.0 Å². The van der Waals surface area contributed by atoms with Gasteiger partial charge in [-0.1, -0.05) is 36.4 Å². The number of aromatic nitrogens is 2. The number of fused-ring (bicyclic) bond motifs is 1. The summed E-state index contributed by atoms with van der Waals surface area (Å²) >= 11 is 0. The van der Waals surface area contributed by atoms with Gasteiger partial charge in [0.1, 0.15) is 5.75 Å². The number of benzene rings is 2. The SMILES string of the molecule is CC(C)Oc1ccccc1NC(=O)c1ccc(N2CCc3ccccc3C2)nn1. The molecule has 0 atom stereocenters. The first-order chi connectivity index (χ1) is 14.1. The molecule has 4 rings (SSSR count). The number of carbonyl (C=O) groups is 1. The second-order valence-corrected chi connectivity index (χ2v) is 7.33. The standard InChI is InChI=1S/C23H24N4O2/c1-16(2)29-21-10-6-5-9-19(21)24-23(28)20-11-12-22(26-25-20)27-14-13-17-7-3-4-8-18(17)15-27/h3-12,16H,13-15H2,1-2H3,(H,24,28). The fourth-order valence-electron chi connectivity index (χ4n) is 3.42. The Morgan fingerprint density at radius 3 is 2.52 bits per heavy atom. The summed E-state index contributed by atoms with van der Waals surface area (Å²) in [6.07, 6.45) is 0.994. The fourth-order valence-corrected chi connectivity index (χ4v) is 3.42. The maximum Gasteiger partial charge on any atom is 0.276 e. The second-order valence-electron chi connectivity index (χ2n) is 7.33. The van der Waals surface area contributed by atoms with E-state index in [4.69, 9.17) is 4.74 Å². The molecule has 6 nitrogen and oxygen atoms in total. The third-order valence-corrected chi connectivity index (χ3v) is 4.84. The average molecular weight is 388 g/mol. The molecule has 0 saturated heterocycles. The normalized spacial score (nSPS) is 13.1. The zero-order valence-corrected chi connectivity index (χ0v) is 16.6. The lowest BCUT2D eigenvalue weighted by Crippen LogP contribution is -2.31. The van der Waals surface area contributed by atoms with Gasteiger partial charge in [-0.2, -0.15) is 0 Å². The van der Waals surface area contributed by atoms with Gasteiger partial charge in [0.2, 0.25) is 0 Å². The molecule has 29 heavy (non-hydrogen) atoms. The molecule has 2 heterocycles. The average Bonchev–Trinajstić information content (AvgIpc) is 2.74. The molecule has 0 aliphatic carbocycles. The maximum absolute atomic E-state index is 12.6. The highest BCUT2D eigenvalue weighted by molar-refractivity contribution is 6.03. The van der Waals surface area contributed by atoms with Crippen LogP contribution in [0.2, 0.25) is 0 Å². The number of para-hydroxylation sites is 2. The Morgan fingerprint density at radius 1 is 1.00 bits per heavy atom. The summed E-state index contributed by atoms with van der Waals surface area (Å²) in [5.41, 5.74) is 3.58. The van der Waals surface area contributed by atoms with E-state index in [0.29, 0.717) is 11.4 Å². The number of nitrogens with zero attached hydrogens (tertiary/aromatic N) is 3. The topological polar surface area (TPSA) is 67.3 Å². The Kier molecular flexibility index (Phi) is 5.42. The van der Waals surface area contributed by atoms with Gasteiger partial charge >= 0.3 is 0 Å². The first-order valence-electron chi connectivity index (χ1n) is 9.82. The molecule has 148 valence electrons. The maximum atomic E-state index is 12.6. The smallest absolute Gasteiger partial charge is 0.276 e. The lowest BCUT2D eigenvalue weighted by atomic mass is 10.00. The number of carbonyl (C=O) groups excluding carboxylic acids is 1. The highest BCUT2D eigenvalue weighted by Crippen LogP contribution is 2.26. The Labute approximate surface area is 170 Å². The zero-order chi connectivity index (χ0) is 20.2. The highest BCUT2D eigenvalue weighted by atomic mass is 16.5. The predicted octanol–water partition coefficient (Wildman–Crippen LogP) is 4.08. The molecule has 0 spiro atoms.